The van der Waals surface area contributed by atoms with Crippen LogP contribution in [-0.2, 0) is 9.47 Å². The van der Waals surface area contributed by atoms with E-state index in [0.29, 0.717) is 11.8 Å². The standard InChI is InChI=1S/C37H37NO3S/c1-25-13-20-33(38-36(25)39-2)32(27-14-16-30(17-15-27)42-31-18-19-31)23-26-21-22-37(24-26)40-34(28-9-5-3-6-10-28)35(41-37)29-11-7-4-8-12-29/h3-17,20,23,26,31,34-35H,18-19,21-22,24H2,1-2H3/b32-23-/t26-,34-,35-/m1/s1. The Morgan fingerprint density at radius 2 is 1.48 bits per heavy atom. The van der Waals surface area contributed by atoms with E-state index in [1.807, 2.05) is 18.7 Å². The lowest BCUT2D eigenvalue weighted by Crippen LogP contribution is -2.26. The average molecular weight is 576 g/mol. The van der Waals surface area contributed by atoms with Crippen LogP contribution in [0.2, 0.25) is 0 Å². The van der Waals surface area contributed by atoms with E-state index in [1.54, 1.807) is 7.11 Å². The Morgan fingerprint density at radius 1 is 0.833 bits per heavy atom. The predicted octanol–water partition coefficient (Wildman–Crippen LogP) is 9.11. The number of hydrogen-bond donors (Lipinski definition) is 0. The van der Waals surface area contributed by atoms with Crippen LogP contribution in [-0.4, -0.2) is 23.1 Å². The molecule has 0 N–H and O–H groups in total. The number of methoxy groups -OCH3 is 1. The van der Waals surface area contributed by atoms with Gasteiger partial charge in [-0.25, -0.2) is 4.98 Å². The van der Waals surface area contributed by atoms with Crippen molar-refractivity contribution >= 4 is 17.3 Å². The zero-order chi connectivity index (χ0) is 28.5. The molecule has 3 atom stereocenters. The fraction of sp³-hybridized carbons (Fsp3) is 0.324. The molecular formula is C37H37NO3S. The number of hydrogen-bond acceptors (Lipinski definition) is 5. The number of thioether (sulfide) groups is 1. The van der Waals surface area contributed by atoms with Gasteiger partial charge >= 0.3 is 0 Å². The summed E-state index contributed by atoms with van der Waals surface area (Å²) in [6.45, 7) is 2.03. The van der Waals surface area contributed by atoms with Crippen molar-refractivity contribution in [1.29, 1.82) is 0 Å². The van der Waals surface area contributed by atoms with Gasteiger partial charge in [-0.1, -0.05) is 84.9 Å². The molecule has 0 radical (unpaired) electrons. The van der Waals surface area contributed by atoms with Gasteiger partial charge in [0.15, 0.2) is 5.79 Å². The van der Waals surface area contributed by atoms with Gasteiger partial charge in [0.05, 0.1) is 12.8 Å². The molecule has 3 aromatic carbocycles. The van der Waals surface area contributed by atoms with Crippen LogP contribution >= 0.6 is 11.8 Å². The van der Waals surface area contributed by atoms with Gasteiger partial charge in [-0.2, -0.15) is 0 Å². The van der Waals surface area contributed by atoms with Crippen molar-refractivity contribution in [2.24, 2.45) is 5.92 Å². The van der Waals surface area contributed by atoms with Crippen LogP contribution < -0.4 is 4.74 Å². The highest BCUT2D eigenvalue weighted by Gasteiger charge is 2.52. The fourth-order valence-electron chi connectivity index (χ4n) is 6.27. The molecule has 1 aliphatic heterocycles. The Hall–Kier alpha value is -3.38. The van der Waals surface area contributed by atoms with Crippen molar-refractivity contribution in [3.63, 3.8) is 0 Å². The van der Waals surface area contributed by atoms with Crippen LogP contribution in [0.4, 0.5) is 0 Å². The lowest BCUT2D eigenvalue weighted by atomic mass is 9.95. The molecule has 4 nitrogen and oxygen atoms in total. The zero-order valence-electron chi connectivity index (χ0n) is 24.2. The maximum absolute atomic E-state index is 6.91. The molecule has 1 saturated heterocycles. The maximum atomic E-state index is 6.91. The lowest BCUT2D eigenvalue weighted by Gasteiger charge is -2.23. The molecule has 1 aromatic heterocycles. The molecule has 3 fully saturated rings. The summed E-state index contributed by atoms with van der Waals surface area (Å²) in [6.07, 6.45) is 7.42. The Bertz CT molecular complexity index is 1500. The van der Waals surface area contributed by atoms with Gasteiger partial charge in [0.25, 0.3) is 0 Å². The molecule has 2 saturated carbocycles. The van der Waals surface area contributed by atoms with E-state index < -0.39 is 5.79 Å². The molecule has 0 unspecified atom stereocenters. The number of benzene rings is 3. The van der Waals surface area contributed by atoms with Crippen LogP contribution in [0.25, 0.3) is 5.57 Å². The highest BCUT2D eigenvalue weighted by molar-refractivity contribution is 8.00. The number of aryl methyl sites for hydroxylation is 1. The summed E-state index contributed by atoms with van der Waals surface area (Å²) in [5.74, 6) is 0.345. The normalized spacial score (nSPS) is 23.4. The van der Waals surface area contributed by atoms with Crippen LogP contribution in [0.1, 0.15) is 72.3 Å². The number of allylic oxidation sites excluding steroid dienone is 1. The lowest BCUT2D eigenvalue weighted by molar-refractivity contribution is -0.171. The van der Waals surface area contributed by atoms with Crippen LogP contribution in [0.5, 0.6) is 5.88 Å². The molecule has 0 amide bonds. The summed E-state index contributed by atoms with van der Waals surface area (Å²) in [5.41, 5.74) is 6.58. The fourth-order valence-corrected chi connectivity index (χ4v) is 7.32. The first kappa shape index (κ1) is 27.5. The molecule has 7 rings (SSSR count). The van der Waals surface area contributed by atoms with Gasteiger partial charge in [0.1, 0.15) is 12.2 Å². The third kappa shape index (κ3) is 5.78. The summed E-state index contributed by atoms with van der Waals surface area (Å²) < 4.78 is 19.4. The second-order valence-electron chi connectivity index (χ2n) is 11.8. The second-order valence-corrected chi connectivity index (χ2v) is 13.1. The first-order valence-electron chi connectivity index (χ1n) is 15.1. The average Bonchev–Trinajstić information content (AvgIpc) is 3.65. The van der Waals surface area contributed by atoms with Crippen LogP contribution in [0.3, 0.4) is 0 Å². The summed E-state index contributed by atoms with van der Waals surface area (Å²) in [7, 11) is 1.69. The number of aromatic nitrogens is 1. The van der Waals surface area contributed by atoms with E-state index in [-0.39, 0.29) is 12.2 Å². The number of ether oxygens (including phenoxy) is 3. The summed E-state index contributed by atoms with van der Waals surface area (Å²) >= 11 is 1.99. The first-order valence-corrected chi connectivity index (χ1v) is 15.9. The van der Waals surface area contributed by atoms with Crippen molar-refractivity contribution in [2.45, 2.75) is 67.2 Å². The van der Waals surface area contributed by atoms with Gasteiger partial charge < -0.3 is 14.2 Å². The molecule has 5 heteroatoms. The van der Waals surface area contributed by atoms with Gasteiger partial charge in [-0.3, -0.25) is 0 Å². The van der Waals surface area contributed by atoms with E-state index in [1.165, 1.54) is 23.3 Å². The van der Waals surface area contributed by atoms with E-state index in [4.69, 9.17) is 19.2 Å². The Kier molecular flexibility index (Phi) is 7.66. The Labute approximate surface area is 253 Å². The molecule has 3 aliphatic rings. The van der Waals surface area contributed by atoms with Gasteiger partial charge in [0.2, 0.25) is 5.88 Å². The third-order valence-corrected chi connectivity index (χ3v) is 9.95. The minimum Gasteiger partial charge on any atom is -0.481 e. The van der Waals surface area contributed by atoms with E-state index in [9.17, 15) is 0 Å². The maximum Gasteiger partial charge on any atom is 0.216 e. The van der Waals surface area contributed by atoms with E-state index in [0.717, 1.165) is 52.5 Å². The topological polar surface area (TPSA) is 40.6 Å². The van der Waals surface area contributed by atoms with E-state index in [2.05, 4.69) is 103 Å². The first-order chi connectivity index (χ1) is 20.6. The van der Waals surface area contributed by atoms with Crippen molar-refractivity contribution in [1.82, 2.24) is 4.98 Å². The zero-order valence-corrected chi connectivity index (χ0v) is 25.1. The number of nitrogens with zero attached hydrogens (tertiary/aromatic N) is 1. The smallest absolute Gasteiger partial charge is 0.216 e. The molecule has 1 spiro atoms. The van der Waals surface area contributed by atoms with Gasteiger partial charge in [-0.05, 0) is 67.0 Å². The molecule has 4 aromatic rings. The molecule has 42 heavy (non-hydrogen) atoms. The third-order valence-electron chi connectivity index (χ3n) is 8.60. The largest absolute Gasteiger partial charge is 0.481 e. The van der Waals surface area contributed by atoms with Crippen LogP contribution in [0, 0.1) is 12.8 Å². The Morgan fingerprint density at radius 3 is 2.07 bits per heavy atom. The minimum atomic E-state index is -0.615. The van der Waals surface area contributed by atoms with Crippen molar-refractivity contribution in [2.75, 3.05) is 7.11 Å². The highest BCUT2D eigenvalue weighted by atomic mass is 32.2. The predicted molar refractivity (Wildman–Crippen MR) is 169 cm³/mol. The quantitative estimate of drug-likeness (QED) is 0.210. The molecule has 2 heterocycles. The van der Waals surface area contributed by atoms with E-state index >= 15 is 0 Å². The Balaban J connectivity index is 1.20. The second kappa shape index (κ2) is 11.7. The van der Waals surface area contributed by atoms with Gasteiger partial charge in [0, 0.05) is 34.1 Å². The van der Waals surface area contributed by atoms with Crippen molar-refractivity contribution in [3.8, 4) is 5.88 Å². The summed E-state index contributed by atoms with van der Waals surface area (Å²) in [4.78, 5) is 6.26. The molecule has 2 aliphatic carbocycles. The van der Waals surface area contributed by atoms with Gasteiger partial charge in [-0.15, -0.1) is 11.8 Å². The van der Waals surface area contributed by atoms with Crippen molar-refractivity contribution < 1.29 is 14.2 Å². The SMILES string of the molecule is COc1nc(/C(=C\[C@H]2CCC3(C2)O[C@H](c2ccccc2)[C@@H](c2ccccc2)O3)c2ccc(SC3CC3)cc2)ccc1C. The minimum absolute atomic E-state index is 0.143. The number of pyridine rings is 1. The van der Waals surface area contributed by atoms with Crippen LogP contribution in [0.15, 0.2) is 108 Å². The molecule has 214 valence electrons. The molecule has 0 bridgehead atoms. The van der Waals surface area contributed by atoms with Crippen molar-refractivity contribution in [3.05, 3.63) is 131 Å². The molecular weight excluding hydrogens is 538 g/mol. The number of rotatable bonds is 8. The highest BCUT2D eigenvalue weighted by Crippen LogP contribution is 2.54. The summed E-state index contributed by atoms with van der Waals surface area (Å²) in [5, 5.41) is 0.786. The summed E-state index contributed by atoms with van der Waals surface area (Å²) in [6, 6.07) is 34.2. The monoisotopic (exact) mass is 575 g/mol.